The molecular weight excluding hydrogens is 388 g/mol. The average molecular weight is 421 g/mol. The normalized spacial score (nSPS) is 18.1. The first kappa shape index (κ1) is 20.6. The van der Waals surface area contributed by atoms with Crippen molar-refractivity contribution in [1.82, 2.24) is 0 Å². The molecule has 2 aliphatic rings. The number of hydrogen-bond acceptors (Lipinski definition) is 2. The summed E-state index contributed by atoms with van der Waals surface area (Å²) >= 11 is 0. The van der Waals surface area contributed by atoms with Crippen LogP contribution in [0.25, 0.3) is 0 Å². The lowest BCUT2D eigenvalue weighted by Crippen LogP contribution is -2.25. The molecule has 2 heterocycles. The first-order valence-electron chi connectivity index (χ1n) is 11.4. The maximum Gasteiger partial charge on any atom is 0.0478 e. The van der Waals surface area contributed by atoms with E-state index in [1.807, 2.05) is 0 Å². The molecule has 0 spiro atoms. The lowest BCUT2D eigenvalue weighted by atomic mass is 9.84. The molecule has 0 aliphatic carbocycles. The molecule has 0 bridgehead atoms. The maximum atomic E-state index is 4.44. The summed E-state index contributed by atoms with van der Waals surface area (Å²) in [6.45, 7) is 19.6. The molecule has 32 heavy (non-hydrogen) atoms. The number of allylic oxidation sites excluding steroid dienone is 2. The average Bonchev–Trinajstić information content (AvgIpc) is 3.10. The van der Waals surface area contributed by atoms with E-state index in [0.29, 0.717) is 0 Å². The molecule has 0 atom stereocenters. The van der Waals surface area contributed by atoms with Crippen LogP contribution in [0.1, 0.15) is 49.9 Å². The molecule has 3 aromatic rings. The van der Waals surface area contributed by atoms with E-state index in [4.69, 9.17) is 0 Å². The summed E-state index contributed by atoms with van der Waals surface area (Å²) in [7, 11) is 0. The molecule has 0 unspecified atom stereocenters. The lowest BCUT2D eigenvalue weighted by Gasteiger charge is -2.27. The van der Waals surface area contributed by atoms with Gasteiger partial charge in [-0.15, -0.1) is 0 Å². The number of nitrogens with zero attached hydrogens (tertiary/aromatic N) is 2. The third-order valence-electron chi connectivity index (χ3n) is 7.54. The summed E-state index contributed by atoms with van der Waals surface area (Å²) in [4.78, 5) is 4.73. The van der Waals surface area contributed by atoms with Gasteiger partial charge in [0.2, 0.25) is 0 Å². The van der Waals surface area contributed by atoms with Gasteiger partial charge in [-0.05, 0) is 34.4 Å². The van der Waals surface area contributed by atoms with Gasteiger partial charge in [-0.3, -0.25) is 0 Å². The summed E-state index contributed by atoms with van der Waals surface area (Å²) in [5.41, 5.74) is 10.1. The number of anilines is 2. The molecule has 0 saturated carbocycles. The maximum absolute atomic E-state index is 4.44. The quantitative estimate of drug-likeness (QED) is 0.436. The fraction of sp³-hybridized carbons (Fsp3) is 0.267. The minimum Gasteiger partial charge on any atom is -0.340 e. The third-order valence-corrected chi connectivity index (χ3v) is 7.54. The van der Waals surface area contributed by atoms with Crippen LogP contribution in [-0.2, 0) is 23.9 Å². The van der Waals surface area contributed by atoms with Crippen LogP contribution in [0.2, 0.25) is 0 Å². The highest BCUT2D eigenvalue weighted by molar-refractivity contribution is 5.71. The Labute approximate surface area is 192 Å². The van der Waals surface area contributed by atoms with E-state index in [9.17, 15) is 0 Å². The Morgan fingerprint density at radius 3 is 1.28 bits per heavy atom. The van der Waals surface area contributed by atoms with Gasteiger partial charge in [-0.2, -0.15) is 0 Å². The van der Waals surface area contributed by atoms with Crippen LogP contribution in [0.3, 0.4) is 0 Å². The lowest BCUT2D eigenvalue weighted by molar-refractivity contribution is 0.632. The monoisotopic (exact) mass is 420 g/mol. The fourth-order valence-corrected chi connectivity index (χ4v) is 5.23. The predicted molar refractivity (Wildman–Crippen MR) is 136 cm³/mol. The van der Waals surface area contributed by atoms with E-state index in [2.05, 4.69) is 123 Å². The van der Waals surface area contributed by atoms with Crippen LogP contribution in [0.15, 0.2) is 97.3 Å². The third kappa shape index (κ3) is 3.01. The van der Waals surface area contributed by atoms with Crippen molar-refractivity contribution in [1.29, 1.82) is 0 Å². The summed E-state index contributed by atoms with van der Waals surface area (Å²) in [6.07, 6.45) is 0. The first-order valence-corrected chi connectivity index (χ1v) is 11.4. The van der Waals surface area contributed by atoms with Gasteiger partial charge in [0, 0.05) is 46.7 Å². The second-order valence-electron chi connectivity index (χ2n) is 10.2. The first-order chi connectivity index (χ1) is 15.2. The number of benzene rings is 3. The molecule has 0 aromatic heterocycles. The molecule has 5 rings (SSSR count). The summed E-state index contributed by atoms with van der Waals surface area (Å²) in [5, 5.41) is 0. The molecule has 0 N–H and O–H groups in total. The van der Waals surface area contributed by atoms with Crippen LogP contribution in [0, 0.1) is 0 Å². The smallest absolute Gasteiger partial charge is 0.0478 e. The molecule has 0 saturated heterocycles. The van der Waals surface area contributed by atoms with E-state index in [1.54, 1.807) is 0 Å². The number of fused-ring (bicyclic) bond motifs is 2. The topological polar surface area (TPSA) is 6.48 Å². The van der Waals surface area contributed by atoms with Gasteiger partial charge < -0.3 is 9.80 Å². The second-order valence-corrected chi connectivity index (χ2v) is 10.2. The van der Waals surface area contributed by atoms with Crippen molar-refractivity contribution >= 4 is 11.4 Å². The largest absolute Gasteiger partial charge is 0.340 e. The Kier molecular flexibility index (Phi) is 4.60. The van der Waals surface area contributed by atoms with Crippen LogP contribution in [0.5, 0.6) is 0 Å². The van der Waals surface area contributed by atoms with E-state index in [0.717, 1.165) is 24.5 Å². The SMILES string of the molecule is C=C1N(Cc2ccc(CN3C(=C)C(C)(C)c4ccccc43)cc2)c2ccccc2C1(C)C. The van der Waals surface area contributed by atoms with Gasteiger partial charge in [-0.1, -0.05) is 102 Å². The molecule has 162 valence electrons. The minimum absolute atomic E-state index is 0.0349. The van der Waals surface area contributed by atoms with E-state index >= 15 is 0 Å². The Bertz CT molecular complexity index is 1120. The van der Waals surface area contributed by atoms with Crippen molar-refractivity contribution in [3.8, 4) is 0 Å². The van der Waals surface area contributed by atoms with Crippen LogP contribution in [-0.4, -0.2) is 0 Å². The zero-order chi connectivity index (χ0) is 22.7. The zero-order valence-corrected chi connectivity index (χ0v) is 19.7. The zero-order valence-electron chi connectivity index (χ0n) is 19.7. The molecule has 0 radical (unpaired) electrons. The molecule has 0 amide bonds. The molecule has 3 aromatic carbocycles. The van der Waals surface area contributed by atoms with Gasteiger partial charge in [0.05, 0.1) is 0 Å². The predicted octanol–water partition coefficient (Wildman–Crippen LogP) is 7.31. The van der Waals surface area contributed by atoms with E-state index < -0.39 is 0 Å². The van der Waals surface area contributed by atoms with Crippen molar-refractivity contribution in [2.24, 2.45) is 0 Å². The van der Waals surface area contributed by atoms with Crippen LogP contribution < -0.4 is 9.80 Å². The van der Waals surface area contributed by atoms with Gasteiger partial charge in [0.1, 0.15) is 0 Å². The van der Waals surface area contributed by atoms with Crippen LogP contribution >= 0.6 is 0 Å². The van der Waals surface area contributed by atoms with E-state index in [-0.39, 0.29) is 10.8 Å². The highest BCUT2D eigenvalue weighted by Crippen LogP contribution is 2.48. The minimum atomic E-state index is -0.0349. The number of hydrogen-bond donors (Lipinski definition) is 0. The van der Waals surface area contributed by atoms with Crippen molar-refractivity contribution < 1.29 is 0 Å². The van der Waals surface area contributed by atoms with Gasteiger partial charge in [-0.25, -0.2) is 0 Å². The fourth-order valence-electron chi connectivity index (χ4n) is 5.23. The van der Waals surface area contributed by atoms with Gasteiger partial charge in [0.25, 0.3) is 0 Å². The summed E-state index contributed by atoms with van der Waals surface area (Å²) in [6, 6.07) is 26.4. The van der Waals surface area contributed by atoms with Crippen molar-refractivity contribution in [3.63, 3.8) is 0 Å². The Hall–Kier alpha value is -3.26. The molecule has 2 nitrogen and oxygen atoms in total. The van der Waals surface area contributed by atoms with Crippen molar-refractivity contribution in [2.75, 3.05) is 9.80 Å². The molecule has 2 heteroatoms. The van der Waals surface area contributed by atoms with Gasteiger partial charge in [0.15, 0.2) is 0 Å². The molecule has 2 aliphatic heterocycles. The summed E-state index contributed by atoms with van der Waals surface area (Å²) in [5.74, 6) is 0. The van der Waals surface area contributed by atoms with E-state index in [1.165, 1.54) is 33.6 Å². The molecule has 0 fully saturated rings. The Morgan fingerprint density at radius 2 is 0.906 bits per heavy atom. The van der Waals surface area contributed by atoms with Gasteiger partial charge >= 0.3 is 0 Å². The second kappa shape index (κ2) is 7.13. The van der Waals surface area contributed by atoms with Crippen molar-refractivity contribution in [2.45, 2.75) is 51.6 Å². The van der Waals surface area contributed by atoms with Crippen molar-refractivity contribution in [3.05, 3.63) is 120 Å². The highest BCUT2D eigenvalue weighted by Gasteiger charge is 2.39. The Balaban J connectivity index is 1.36. The molecular formula is C30H32N2. The Morgan fingerprint density at radius 1 is 0.562 bits per heavy atom. The highest BCUT2D eigenvalue weighted by atomic mass is 15.2. The number of rotatable bonds is 4. The summed E-state index contributed by atoms with van der Waals surface area (Å²) < 4.78 is 0. The standard InChI is InChI=1S/C30H32N2/c1-21-29(3,4)25-11-7-9-13-27(25)31(21)19-23-15-17-24(18-16-23)20-32-22(2)30(5,6)26-12-8-10-14-28(26)32/h7-18H,1-2,19-20H2,3-6H3. The van der Waals surface area contributed by atoms with Crippen LogP contribution in [0.4, 0.5) is 11.4 Å². The number of para-hydroxylation sites is 2.